The van der Waals surface area contributed by atoms with Crippen LogP contribution in [0.25, 0.3) is 0 Å². The summed E-state index contributed by atoms with van der Waals surface area (Å²) in [6, 6.07) is 0. The van der Waals surface area contributed by atoms with Gasteiger partial charge in [-0.2, -0.15) is 0 Å². The zero-order valence-corrected chi connectivity index (χ0v) is 11.0. The van der Waals surface area contributed by atoms with E-state index in [0.717, 1.165) is 50.5 Å². The van der Waals surface area contributed by atoms with Crippen LogP contribution in [0.1, 0.15) is 43.8 Å². The van der Waals surface area contributed by atoms with E-state index in [1.807, 2.05) is 0 Å². The molecule has 3 nitrogen and oxygen atoms in total. The van der Waals surface area contributed by atoms with Crippen LogP contribution in [0.4, 0.5) is 0 Å². The zero-order valence-electron chi connectivity index (χ0n) is 11.0. The molecular weight excluding hydrogens is 210 g/mol. The Morgan fingerprint density at radius 3 is 3.06 bits per heavy atom. The summed E-state index contributed by atoms with van der Waals surface area (Å²) < 4.78 is 0. The molecule has 3 heteroatoms. The average Bonchev–Trinajstić information content (AvgIpc) is 2.36. The predicted octanol–water partition coefficient (Wildman–Crippen LogP) is 2.14. The molecule has 94 valence electrons. The van der Waals surface area contributed by atoms with E-state index in [9.17, 15) is 0 Å². The van der Waals surface area contributed by atoms with Crippen molar-refractivity contribution in [3.63, 3.8) is 0 Å². The minimum atomic E-state index is 0.767. The van der Waals surface area contributed by atoms with Crippen molar-refractivity contribution in [3.05, 3.63) is 23.3 Å². The number of fused-ring (bicyclic) bond motifs is 1. The van der Waals surface area contributed by atoms with Gasteiger partial charge in [0.2, 0.25) is 0 Å². The minimum absolute atomic E-state index is 0.767. The molecule has 1 aliphatic carbocycles. The summed E-state index contributed by atoms with van der Waals surface area (Å²) >= 11 is 0. The van der Waals surface area contributed by atoms with E-state index in [2.05, 4.69) is 35.3 Å². The maximum atomic E-state index is 4.69. The van der Waals surface area contributed by atoms with Crippen molar-refractivity contribution >= 4 is 0 Å². The van der Waals surface area contributed by atoms with Crippen molar-refractivity contribution in [3.8, 4) is 0 Å². The fraction of sp³-hybridized carbons (Fsp3) is 0.714. The molecule has 1 unspecified atom stereocenters. The third kappa shape index (κ3) is 3.25. The predicted molar refractivity (Wildman–Crippen MR) is 70.1 cm³/mol. The molecule has 1 atom stereocenters. The Bertz CT molecular complexity index is 362. The van der Waals surface area contributed by atoms with Gasteiger partial charge in [-0.25, -0.2) is 9.97 Å². The highest BCUT2D eigenvalue weighted by Gasteiger charge is 2.19. The fourth-order valence-electron chi connectivity index (χ4n) is 2.49. The Hall–Kier alpha value is -0.960. The first-order valence-electron chi connectivity index (χ1n) is 6.87. The normalized spacial score (nSPS) is 19.1. The lowest BCUT2D eigenvalue weighted by molar-refractivity contribution is 0.423. The van der Waals surface area contributed by atoms with Gasteiger partial charge in [-0.3, -0.25) is 0 Å². The molecule has 0 bridgehead atoms. The Morgan fingerprint density at radius 2 is 2.29 bits per heavy atom. The van der Waals surface area contributed by atoms with Gasteiger partial charge in [0.25, 0.3) is 0 Å². The van der Waals surface area contributed by atoms with E-state index in [4.69, 9.17) is 0 Å². The third-order valence-electron chi connectivity index (χ3n) is 3.46. The van der Waals surface area contributed by atoms with Crippen molar-refractivity contribution in [2.24, 2.45) is 5.92 Å². The molecule has 1 aromatic heterocycles. The summed E-state index contributed by atoms with van der Waals surface area (Å²) in [6.07, 6.45) is 7.74. The topological polar surface area (TPSA) is 37.8 Å². The first kappa shape index (κ1) is 12.5. The van der Waals surface area contributed by atoms with Crippen LogP contribution in [0.15, 0.2) is 6.20 Å². The van der Waals surface area contributed by atoms with Gasteiger partial charge in [0.1, 0.15) is 5.82 Å². The summed E-state index contributed by atoms with van der Waals surface area (Å²) in [5.41, 5.74) is 2.68. The van der Waals surface area contributed by atoms with Gasteiger partial charge in [0, 0.05) is 18.3 Å². The summed E-state index contributed by atoms with van der Waals surface area (Å²) in [6.45, 7) is 6.54. The van der Waals surface area contributed by atoms with Crippen LogP contribution in [-0.2, 0) is 19.3 Å². The van der Waals surface area contributed by atoms with Gasteiger partial charge < -0.3 is 5.32 Å². The lowest BCUT2D eigenvalue weighted by atomic mass is 9.87. The number of aryl methyl sites for hydroxylation is 2. The molecule has 2 rings (SSSR count). The second-order valence-electron chi connectivity index (χ2n) is 4.92. The van der Waals surface area contributed by atoms with Crippen LogP contribution < -0.4 is 5.32 Å². The molecule has 0 fully saturated rings. The first-order chi connectivity index (χ1) is 8.33. The van der Waals surface area contributed by atoms with Gasteiger partial charge in [0.05, 0.1) is 0 Å². The smallest absolute Gasteiger partial charge is 0.128 e. The van der Waals surface area contributed by atoms with E-state index < -0.39 is 0 Å². The van der Waals surface area contributed by atoms with Crippen LogP contribution in [0.2, 0.25) is 0 Å². The van der Waals surface area contributed by atoms with Crippen molar-refractivity contribution in [1.82, 2.24) is 15.3 Å². The molecule has 1 heterocycles. The molecule has 0 aliphatic heterocycles. The largest absolute Gasteiger partial charge is 0.317 e. The highest BCUT2D eigenvalue weighted by molar-refractivity contribution is 5.21. The van der Waals surface area contributed by atoms with E-state index in [0.29, 0.717) is 0 Å². The Kier molecular flexibility index (Phi) is 4.49. The van der Waals surface area contributed by atoms with Crippen LogP contribution in [0.3, 0.4) is 0 Å². The van der Waals surface area contributed by atoms with Crippen molar-refractivity contribution in [2.75, 3.05) is 13.1 Å². The number of hydrogen-bond donors (Lipinski definition) is 1. The van der Waals surface area contributed by atoms with Gasteiger partial charge >= 0.3 is 0 Å². The first-order valence-corrected chi connectivity index (χ1v) is 6.87. The summed E-state index contributed by atoms with van der Waals surface area (Å²) in [7, 11) is 0. The van der Waals surface area contributed by atoms with Gasteiger partial charge in [0.15, 0.2) is 0 Å². The summed E-state index contributed by atoms with van der Waals surface area (Å²) in [5, 5.41) is 3.44. The maximum absolute atomic E-state index is 4.69. The molecule has 0 amide bonds. The quantitative estimate of drug-likeness (QED) is 0.846. The van der Waals surface area contributed by atoms with Crippen molar-refractivity contribution in [2.45, 2.75) is 46.0 Å². The monoisotopic (exact) mass is 233 g/mol. The standard InChI is InChI=1S/C14H23N3/c1-3-5-14-16-10-12-8-11(9-15-4-2)6-7-13(12)17-14/h10-11,15H,3-9H2,1-2H3. The molecule has 0 radical (unpaired) electrons. The summed E-state index contributed by atoms with van der Waals surface area (Å²) in [5.74, 6) is 1.79. The Morgan fingerprint density at radius 1 is 1.41 bits per heavy atom. The molecule has 0 saturated carbocycles. The summed E-state index contributed by atoms with van der Waals surface area (Å²) in [4.78, 5) is 9.15. The van der Waals surface area contributed by atoms with Gasteiger partial charge in [-0.15, -0.1) is 0 Å². The molecule has 1 aliphatic rings. The number of rotatable bonds is 5. The number of hydrogen-bond acceptors (Lipinski definition) is 3. The highest BCUT2D eigenvalue weighted by Crippen LogP contribution is 2.23. The zero-order chi connectivity index (χ0) is 12.1. The third-order valence-corrected chi connectivity index (χ3v) is 3.46. The lowest BCUT2D eigenvalue weighted by Crippen LogP contribution is -2.27. The van der Waals surface area contributed by atoms with Gasteiger partial charge in [-0.05, 0) is 50.3 Å². The number of nitrogens with one attached hydrogen (secondary N) is 1. The highest BCUT2D eigenvalue weighted by atomic mass is 14.9. The average molecular weight is 233 g/mol. The van der Waals surface area contributed by atoms with E-state index in [-0.39, 0.29) is 0 Å². The van der Waals surface area contributed by atoms with Crippen LogP contribution >= 0.6 is 0 Å². The second-order valence-corrected chi connectivity index (χ2v) is 4.92. The van der Waals surface area contributed by atoms with Crippen LogP contribution in [0, 0.1) is 5.92 Å². The molecule has 0 aromatic carbocycles. The molecule has 1 N–H and O–H groups in total. The Labute approximate surface area is 104 Å². The number of aromatic nitrogens is 2. The fourth-order valence-corrected chi connectivity index (χ4v) is 2.49. The molecule has 17 heavy (non-hydrogen) atoms. The molecular formula is C14H23N3. The maximum Gasteiger partial charge on any atom is 0.128 e. The van der Waals surface area contributed by atoms with Crippen LogP contribution in [0.5, 0.6) is 0 Å². The SMILES string of the molecule is CCCc1ncc2c(n1)CCC(CNCC)C2. The van der Waals surface area contributed by atoms with Gasteiger partial charge in [-0.1, -0.05) is 13.8 Å². The number of nitrogens with zero attached hydrogens (tertiary/aromatic N) is 2. The van der Waals surface area contributed by atoms with E-state index in [1.165, 1.54) is 17.7 Å². The molecule has 1 aromatic rings. The van der Waals surface area contributed by atoms with Crippen LogP contribution in [-0.4, -0.2) is 23.1 Å². The Balaban J connectivity index is 2.01. The van der Waals surface area contributed by atoms with Crippen molar-refractivity contribution in [1.29, 1.82) is 0 Å². The molecule has 0 saturated heterocycles. The lowest BCUT2D eigenvalue weighted by Gasteiger charge is -2.24. The minimum Gasteiger partial charge on any atom is -0.317 e. The van der Waals surface area contributed by atoms with E-state index >= 15 is 0 Å². The molecule has 0 spiro atoms. The van der Waals surface area contributed by atoms with Crippen molar-refractivity contribution < 1.29 is 0 Å². The van der Waals surface area contributed by atoms with E-state index in [1.54, 1.807) is 0 Å². The second kappa shape index (κ2) is 6.10.